The minimum atomic E-state index is 0.972. The molecule has 0 fully saturated rings. The average Bonchev–Trinajstić information content (AvgIpc) is 3.25. The highest BCUT2D eigenvalue weighted by Crippen LogP contribution is 2.49. The molecule has 1 heterocycles. The van der Waals surface area contributed by atoms with E-state index in [0.29, 0.717) is 0 Å². The van der Waals surface area contributed by atoms with Gasteiger partial charge in [0.2, 0.25) is 0 Å². The lowest BCUT2D eigenvalue weighted by Gasteiger charge is -2.23. The first-order valence-corrected chi connectivity index (χ1v) is 18.6. The van der Waals surface area contributed by atoms with Crippen LogP contribution in [0.25, 0.3) is 110 Å². The monoisotopic (exact) mass is 683 g/mol. The van der Waals surface area contributed by atoms with Gasteiger partial charge in [0.15, 0.2) is 0 Å². The van der Waals surface area contributed by atoms with E-state index in [2.05, 4.69) is 200 Å². The van der Waals surface area contributed by atoms with Gasteiger partial charge in [-0.05, 0) is 99.6 Å². The number of benzene rings is 9. The molecule has 1 aromatic heterocycles. The summed E-state index contributed by atoms with van der Waals surface area (Å²) in [6, 6.07) is 70.8. The first-order valence-electron chi connectivity index (χ1n) is 18.6. The van der Waals surface area contributed by atoms with Crippen LogP contribution in [0.15, 0.2) is 200 Å². The summed E-state index contributed by atoms with van der Waals surface area (Å²) in [5.74, 6) is 0. The van der Waals surface area contributed by atoms with Gasteiger partial charge in [0, 0.05) is 17.3 Å². The van der Waals surface area contributed by atoms with E-state index in [1.54, 1.807) is 0 Å². The molecule has 0 aliphatic heterocycles. The molecule has 0 radical (unpaired) electrons. The van der Waals surface area contributed by atoms with Gasteiger partial charge in [-0.1, -0.05) is 188 Å². The molecule has 0 N–H and O–H groups in total. The maximum Gasteiger partial charge on any atom is 0.0721 e. The van der Waals surface area contributed by atoms with E-state index in [1.165, 1.54) is 93.5 Å². The van der Waals surface area contributed by atoms with Crippen LogP contribution in [-0.4, -0.2) is 4.98 Å². The molecule has 9 aromatic carbocycles. The average molecular weight is 684 g/mol. The molecule has 0 bridgehead atoms. The molecule has 0 saturated carbocycles. The Kier molecular flexibility index (Phi) is 6.93. The molecule has 0 unspecified atom stereocenters. The topological polar surface area (TPSA) is 12.9 Å². The third-order valence-corrected chi connectivity index (χ3v) is 11.3. The molecular formula is C53H33N. The van der Waals surface area contributed by atoms with E-state index < -0.39 is 0 Å². The van der Waals surface area contributed by atoms with Crippen LogP contribution < -0.4 is 0 Å². The van der Waals surface area contributed by atoms with E-state index >= 15 is 0 Å². The predicted octanol–water partition coefficient (Wildman–Crippen LogP) is 14.5. The van der Waals surface area contributed by atoms with Crippen molar-refractivity contribution in [3.8, 4) is 78.0 Å². The third-order valence-electron chi connectivity index (χ3n) is 11.3. The third kappa shape index (κ3) is 4.69. The van der Waals surface area contributed by atoms with Crippen molar-refractivity contribution >= 4 is 32.3 Å². The summed E-state index contributed by atoms with van der Waals surface area (Å²) < 4.78 is 0. The lowest BCUT2D eigenvalue weighted by Crippen LogP contribution is -1.99. The zero-order chi connectivity index (χ0) is 35.6. The smallest absolute Gasteiger partial charge is 0.0721 e. The number of aromatic nitrogens is 1. The fourth-order valence-corrected chi connectivity index (χ4v) is 8.90. The van der Waals surface area contributed by atoms with Crippen molar-refractivity contribution in [2.45, 2.75) is 0 Å². The Morgan fingerprint density at radius 2 is 0.648 bits per heavy atom. The van der Waals surface area contributed by atoms with Crippen LogP contribution in [0, 0.1) is 0 Å². The van der Waals surface area contributed by atoms with Gasteiger partial charge >= 0.3 is 0 Å². The Bertz CT molecular complexity index is 3030. The van der Waals surface area contributed by atoms with Crippen molar-refractivity contribution in [3.05, 3.63) is 200 Å². The summed E-state index contributed by atoms with van der Waals surface area (Å²) >= 11 is 0. The standard InChI is InChI=1S/C53H33N/c1-2-16-37-34(14-1)15-13-27-38(37)35-28-30-36(31-29-35)52-45-23-9-11-25-47(45)53(48-26-12-10-24-46(48)52)51-32-49-43-21-7-5-19-41(43)39-17-3-4-18-40(39)42-20-6-8-22-44(42)50(49)33-54-51/h1-33H. The molecule has 1 nitrogen and oxygen atoms in total. The van der Waals surface area contributed by atoms with E-state index in [9.17, 15) is 0 Å². The van der Waals surface area contributed by atoms with Gasteiger partial charge in [-0.3, -0.25) is 4.98 Å². The number of hydrogen-bond acceptors (Lipinski definition) is 1. The fraction of sp³-hybridized carbons (Fsp3) is 0. The van der Waals surface area contributed by atoms with Crippen molar-refractivity contribution in [1.82, 2.24) is 4.98 Å². The van der Waals surface area contributed by atoms with Crippen LogP contribution >= 0.6 is 0 Å². The second-order valence-corrected chi connectivity index (χ2v) is 14.2. The minimum absolute atomic E-state index is 0.972. The van der Waals surface area contributed by atoms with Crippen molar-refractivity contribution in [2.75, 3.05) is 0 Å². The van der Waals surface area contributed by atoms with Gasteiger partial charge in [0.1, 0.15) is 0 Å². The predicted molar refractivity (Wildman–Crippen MR) is 228 cm³/mol. The molecule has 10 aromatic rings. The Labute approximate surface area is 314 Å². The molecule has 54 heavy (non-hydrogen) atoms. The van der Waals surface area contributed by atoms with Gasteiger partial charge in [0.05, 0.1) is 5.69 Å². The second kappa shape index (κ2) is 12.3. The molecule has 250 valence electrons. The molecule has 0 atom stereocenters. The normalized spacial score (nSPS) is 11.7. The van der Waals surface area contributed by atoms with E-state index in [4.69, 9.17) is 4.98 Å². The molecular weight excluding hydrogens is 651 g/mol. The van der Waals surface area contributed by atoms with Crippen LogP contribution in [0.5, 0.6) is 0 Å². The van der Waals surface area contributed by atoms with E-state index in [1.807, 2.05) is 0 Å². The number of hydrogen-bond donors (Lipinski definition) is 0. The van der Waals surface area contributed by atoms with Crippen LogP contribution in [-0.2, 0) is 0 Å². The van der Waals surface area contributed by atoms with E-state index in [0.717, 1.165) is 16.8 Å². The highest BCUT2D eigenvalue weighted by atomic mass is 14.7. The van der Waals surface area contributed by atoms with Gasteiger partial charge in [0.25, 0.3) is 0 Å². The van der Waals surface area contributed by atoms with Crippen molar-refractivity contribution in [2.24, 2.45) is 0 Å². The maximum atomic E-state index is 5.34. The lowest BCUT2D eigenvalue weighted by molar-refractivity contribution is 1.33. The number of nitrogens with zero attached hydrogens (tertiary/aromatic N) is 1. The Morgan fingerprint density at radius 1 is 0.259 bits per heavy atom. The number of rotatable bonds is 3. The molecule has 0 amide bonds. The molecule has 1 aliphatic carbocycles. The quantitative estimate of drug-likeness (QED) is 0.169. The molecule has 0 saturated heterocycles. The molecule has 1 heteroatoms. The molecule has 11 rings (SSSR count). The fourth-order valence-electron chi connectivity index (χ4n) is 8.90. The summed E-state index contributed by atoms with van der Waals surface area (Å²) in [4.78, 5) is 5.34. The lowest BCUT2D eigenvalue weighted by atomic mass is 9.81. The highest BCUT2D eigenvalue weighted by Gasteiger charge is 2.24. The first kappa shape index (κ1) is 30.5. The zero-order valence-electron chi connectivity index (χ0n) is 29.5. The van der Waals surface area contributed by atoms with E-state index in [-0.39, 0.29) is 0 Å². The minimum Gasteiger partial charge on any atom is -0.256 e. The Balaban J connectivity index is 1.14. The van der Waals surface area contributed by atoms with Gasteiger partial charge in [-0.2, -0.15) is 0 Å². The molecule has 0 spiro atoms. The first-order chi connectivity index (χ1) is 26.8. The summed E-state index contributed by atoms with van der Waals surface area (Å²) in [7, 11) is 0. The van der Waals surface area contributed by atoms with Gasteiger partial charge in [-0.15, -0.1) is 0 Å². The van der Waals surface area contributed by atoms with Crippen LogP contribution in [0.1, 0.15) is 0 Å². The summed E-state index contributed by atoms with van der Waals surface area (Å²) in [5.41, 5.74) is 16.8. The van der Waals surface area contributed by atoms with Crippen molar-refractivity contribution < 1.29 is 0 Å². The van der Waals surface area contributed by atoms with Gasteiger partial charge in [-0.25, -0.2) is 0 Å². The molecule has 1 aliphatic rings. The second-order valence-electron chi connectivity index (χ2n) is 14.2. The summed E-state index contributed by atoms with van der Waals surface area (Å²) in [6.07, 6.45) is 2.11. The summed E-state index contributed by atoms with van der Waals surface area (Å²) in [6.45, 7) is 0. The number of fused-ring (bicyclic) bond motifs is 11. The maximum absolute atomic E-state index is 5.34. The largest absolute Gasteiger partial charge is 0.256 e. The van der Waals surface area contributed by atoms with Crippen LogP contribution in [0.3, 0.4) is 0 Å². The summed E-state index contributed by atoms with van der Waals surface area (Å²) in [5, 5.41) is 7.36. The zero-order valence-corrected chi connectivity index (χ0v) is 29.5. The number of pyridine rings is 1. The Morgan fingerprint density at radius 3 is 1.20 bits per heavy atom. The van der Waals surface area contributed by atoms with Crippen LogP contribution in [0.4, 0.5) is 0 Å². The van der Waals surface area contributed by atoms with Gasteiger partial charge < -0.3 is 0 Å². The van der Waals surface area contributed by atoms with Crippen molar-refractivity contribution in [3.63, 3.8) is 0 Å². The SMILES string of the molecule is c1ccc2c(c1)-c1ccccc1-c1cnc(-c3c4ccccc4c(-c4ccc(-c5cccc6ccccc56)cc4)c4ccccc34)cc1-c1ccccc1-2. The van der Waals surface area contributed by atoms with Crippen LogP contribution in [0.2, 0.25) is 0 Å². The highest BCUT2D eigenvalue weighted by molar-refractivity contribution is 6.21. The Hall–Kier alpha value is -7.09. The van der Waals surface area contributed by atoms with Crippen molar-refractivity contribution in [1.29, 1.82) is 0 Å².